The molecule has 0 bridgehead atoms. The number of aromatic nitrogens is 1. The highest BCUT2D eigenvalue weighted by Crippen LogP contribution is 2.39. The molecular weight excluding hydrogens is 405 g/mol. The van der Waals surface area contributed by atoms with Crippen molar-refractivity contribution in [1.29, 1.82) is 5.26 Å². The minimum absolute atomic E-state index is 0.0707. The number of ether oxygens (including phenoxy) is 1. The molecule has 0 aliphatic carbocycles. The summed E-state index contributed by atoms with van der Waals surface area (Å²) >= 11 is 6.07. The maximum Gasteiger partial charge on any atom is 0.417 e. The second kappa shape index (κ2) is 8.41. The fourth-order valence-corrected chi connectivity index (χ4v) is 3.19. The number of benzene rings is 2. The van der Waals surface area contributed by atoms with Crippen molar-refractivity contribution in [3.05, 3.63) is 87.2 Å². The SMILES string of the molecule is N#CCOc1cn(Cc2ccccc2)c(-c2cccc(C(F)(F)F)c2Cl)cc1=O. The molecule has 0 unspecified atom stereocenters. The molecule has 1 aromatic heterocycles. The van der Waals surface area contributed by atoms with E-state index in [1.807, 2.05) is 30.3 Å². The molecule has 0 amide bonds. The van der Waals surface area contributed by atoms with Gasteiger partial charge in [0.2, 0.25) is 5.43 Å². The zero-order valence-electron chi connectivity index (χ0n) is 14.9. The molecule has 8 heteroatoms. The highest BCUT2D eigenvalue weighted by Gasteiger charge is 2.34. The third-order valence-corrected chi connectivity index (χ3v) is 4.57. The van der Waals surface area contributed by atoms with E-state index in [1.165, 1.54) is 18.3 Å². The molecule has 2 aromatic carbocycles. The van der Waals surface area contributed by atoms with Crippen molar-refractivity contribution in [2.45, 2.75) is 12.7 Å². The largest absolute Gasteiger partial charge is 0.473 e. The number of nitriles is 1. The Balaban J connectivity index is 2.19. The zero-order chi connectivity index (χ0) is 21.0. The summed E-state index contributed by atoms with van der Waals surface area (Å²) in [5.74, 6) is -0.0747. The van der Waals surface area contributed by atoms with Crippen LogP contribution in [-0.2, 0) is 12.7 Å². The van der Waals surface area contributed by atoms with Gasteiger partial charge in [-0.25, -0.2) is 0 Å². The van der Waals surface area contributed by atoms with Crippen LogP contribution in [0.3, 0.4) is 0 Å². The number of rotatable bonds is 5. The maximum atomic E-state index is 13.3. The predicted molar refractivity (Wildman–Crippen MR) is 103 cm³/mol. The molecule has 0 atom stereocenters. The molecule has 0 radical (unpaired) electrons. The number of alkyl halides is 3. The highest BCUT2D eigenvalue weighted by molar-refractivity contribution is 6.34. The van der Waals surface area contributed by atoms with Gasteiger partial charge >= 0.3 is 6.18 Å². The Kier molecular flexibility index (Phi) is 5.95. The lowest BCUT2D eigenvalue weighted by Crippen LogP contribution is -2.15. The third kappa shape index (κ3) is 4.61. The zero-order valence-corrected chi connectivity index (χ0v) is 15.7. The number of halogens is 4. The Bertz CT molecular complexity index is 1120. The molecular formula is C21H14ClF3N2O2. The Hall–Kier alpha value is -3.24. The van der Waals surface area contributed by atoms with Crippen molar-refractivity contribution in [1.82, 2.24) is 4.57 Å². The fourth-order valence-electron chi connectivity index (χ4n) is 2.86. The molecule has 29 heavy (non-hydrogen) atoms. The third-order valence-electron chi connectivity index (χ3n) is 4.16. The van der Waals surface area contributed by atoms with Crippen LogP contribution in [0.2, 0.25) is 5.02 Å². The van der Waals surface area contributed by atoms with E-state index in [9.17, 15) is 18.0 Å². The number of hydrogen-bond acceptors (Lipinski definition) is 3. The Morgan fingerprint density at radius 1 is 1.10 bits per heavy atom. The van der Waals surface area contributed by atoms with Gasteiger partial charge in [-0.1, -0.05) is 54.1 Å². The van der Waals surface area contributed by atoms with Gasteiger partial charge in [0.15, 0.2) is 12.4 Å². The van der Waals surface area contributed by atoms with Gasteiger partial charge in [0.05, 0.1) is 22.5 Å². The van der Waals surface area contributed by atoms with Crippen LogP contribution in [0.15, 0.2) is 65.6 Å². The molecule has 4 nitrogen and oxygen atoms in total. The lowest BCUT2D eigenvalue weighted by molar-refractivity contribution is -0.137. The first-order chi connectivity index (χ1) is 13.8. The first kappa shape index (κ1) is 20.5. The number of hydrogen-bond donors (Lipinski definition) is 0. The quantitative estimate of drug-likeness (QED) is 0.576. The van der Waals surface area contributed by atoms with Gasteiger partial charge in [0.25, 0.3) is 0 Å². The fraction of sp³-hybridized carbons (Fsp3) is 0.143. The molecule has 3 rings (SSSR count). The van der Waals surface area contributed by atoms with E-state index in [4.69, 9.17) is 21.6 Å². The standard InChI is InChI=1S/C21H14ClF3N2O2/c22-20-15(7-4-8-16(20)21(23,24)25)17-11-18(28)19(29-10-9-26)13-27(17)12-14-5-2-1-3-6-14/h1-8,11,13H,10,12H2. The second-order valence-electron chi connectivity index (χ2n) is 6.11. The van der Waals surface area contributed by atoms with E-state index in [-0.39, 0.29) is 30.2 Å². The summed E-state index contributed by atoms with van der Waals surface area (Å²) in [6, 6.07) is 15.6. The molecule has 1 heterocycles. The second-order valence-corrected chi connectivity index (χ2v) is 6.49. The van der Waals surface area contributed by atoms with E-state index in [0.717, 1.165) is 17.7 Å². The van der Waals surface area contributed by atoms with Crippen LogP contribution in [0.5, 0.6) is 5.75 Å². The number of nitrogens with zero attached hydrogens (tertiary/aromatic N) is 2. The summed E-state index contributed by atoms with van der Waals surface area (Å²) in [5, 5.41) is 8.20. The van der Waals surface area contributed by atoms with Gasteiger partial charge in [-0.05, 0) is 11.6 Å². The van der Waals surface area contributed by atoms with Crippen molar-refractivity contribution in [3.63, 3.8) is 0 Å². The predicted octanol–water partition coefficient (Wildman–Crippen LogP) is 5.14. The van der Waals surface area contributed by atoms with E-state index in [0.29, 0.717) is 0 Å². The van der Waals surface area contributed by atoms with Crippen LogP contribution in [0.4, 0.5) is 13.2 Å². The molecule has 0 spiro atoms. The van der Waals surface area contributed by atoms with Crippen LogP contribution in [0.1, 0.15) is 11.1 Å². The van der Waals surface area contributed by atoms with E-state index >= 15 is 0 Å². The van der Waals surface area contributed by atoms with Gasteiger partial charge in [0.1, 0.15) is 6.07 Å². The van der Waals surface area contributed by atoms with Gasteiger partial charge in [-0.15, -0.1) is 0 Å². The summed E-state index contributed by atoms with van der Waals surface area (Å²) in [6.45, 7) is -0.0732. The minimum Gasteiger partial charge on any atom is -0.473 e. The summed E-state index contributed by atoms with van der Waals surface area (Å²) in [4.78, 5) is 12.4. The maximum absolute atomic E-state index is 13.3. The molecule has 0 fully saturated rings. The van der Waals surface area contributed by atoms with E-state index < -0.39 is 22.2 Å². The van der Waals surface area contributed by atoms with Crippen LogP contribution >= 0.6 is 11.6 Å². The van der Waals surface area contributed by atoms with Crippen molar-refractivity contribution in [2.75, 3.05) is 6.61 Å². The number of pyridine rings is 1. The van der Waals surface area contributed by atoms with E-state index in [2.05, 4.69) is 0 Å². The smallest absolute Gasteiger partial charge is 0.417 e. The Labute approximate surface area is 169 Å². The molecule has 3 aromatic rings. The first-order valence-electron chi connectivity index (χ1n) is 8.45. The van der Waals surface area contributed by atoms with Crippen molar-refractivity contribution in [3.8, 4) is 23.1 Å². The average molecular weight is 419 g/mol. The van der Waals surface area contributed by atoms with Crippen LogP contribution in [0, 0.1) is 11.3 Å². The molecule has 0 aliphatic rings. The van der Waals surface area contributed by atoms with Crippen LogP contribution in [0.25, 0.3) is 11.3 Å². The highest BCUT2D eigenvalue weighted by atomic mass is 35.5. The normalized spacial score (nSPS) is 11.1. The summed E-state index contributed by atoms with van der Waals surface area (Å²) < 4.78 is 46.5. The summed E-state index contributed by atoms with van der Waals surface area (Å²) in [5.41, 5.74) is -0.416. The lowest BCUT2D eigenvalue weighted by atomic mass is 10.1. The van der Waals surface area contributed by atoms with Gasteiger partial charge in [-0.2, -0.15) is 18.4 Å². The molecule has 0 N–H and O–H groups in total. The van der Waals surface area contributed by atoms with E-state index in [1.54, 1.807) is 10.6 Å². The van der Waals surface area contributed by atoms with Crippen molar-refractivity contribution < 1.29 is 17.9 Å². The summed E-state index contributed by atoms with van der Waals surface area (Å²) in [7, 11) is 0. The first-order valence-corrected chi connectivity index (χ1v) is 8.83. The van der Waals surface area contributed by atoms with Crippen molar-refractivity contribution in [2.24, 2.45) is 0 Å². The van der Waals surface area contributed by atoms with Gasteiger partial charge in [-0.3, -0.25) is 4.79 Å². The van der Waals surface area contributed by atoms with Crippen molar-refractivity contribution >= 4 is 11.6 Å². The molecule has 148 valence electrons. The van der Waals surface area contributed by atoms with Crippen LogP contribution in [-0.4, -0.2) is 11.2 Å². The minimum atomic E-state index is -4.63. The van der Waals surface area contributed by atoms with Crippen LogP contribution < -0.4 is 10.2 Å². The summed E-state index contributed by atoms with van der Waals surface area (Å²) in [6.07, 6.45) is -3.26. The molecule has 0 saturated carbocycles. The average Bonchev–Trinajstić information content (AvgIpc) is 2.68. The topological polar surface area (TPSA) is 55.0 Å². The lowest BCUT2D eigenvalue weighted by Gasteiger charge is -2.18. The molecule has 0 aliphatic heterocycles. The monoisotopic (exact) mass is 418 g/mol. The molecule has 0 saturated heterocycles. The Morgan fingerprint density at radius 2 is 1.83 bits per heavy atom. The Morgan fingerprint density at radius 3 is 2.48 bits per heavy atom. The van der Waals surface area contributed by atoms with Gasteiger partial charge in [0, 0.05) is 18.2 Å². The van der Waals surface area contributed by atoms with Gasteiger partial charge < -0.3 is 9.30 Å².